The third-order valence-corrected chi connectivity index (χ3v) is 7.89. The average Bonchev–Trinajstić information content (AvgIpc) is 2.69. The van der Waals surface area contributed by atoms with Crippen LogP contribution in [0.1, 0.15) is 33.1 Å². The van der Waals surface area contributed by atoms with E-state index in [1.807, 2.05) is 7.11 Å². The van der Waals surface area contributed by atoms with Gasteiger partial charge in [-0.25, -0.2) is 0 Å². The zero-order valence-electron chi connectivity index (χ0n) is 12.2. The van der Waals surface area contributed by atoms with E-state index in [-0.39, 0.29) is 0 Å². The molecule has 0 bridgehead atoms. The fraction of sp³-hybridized carbons (Fsp3) is 1.00. The van der Waals surface area contributed by atoms with Gasteiger partial charge in [0, 0.05) is 20.2 Å². The Labute approximate surface area is 108 Å². The van der Waals surface area contributed by atoms with E-state index in [0.717, 1.165) is 0 Å². The second-order valence-electron chi connectivity index (χ2n) is 5.31. The first-order valence-corrected chi connectivity index (χ1v) is 9.75. The van der Waals surface area contributed by atoms with Gasteiger partial charge in [0.05, 0.1) is 0 Å². The standard InChI is InChI=1S/C13H30N2OSi/c1-5-8-14(9-6-2)11-12-15-10-7-13-17(15,4)16-3/h5-13H2,1-4H3. The molecule has 1 aliphatic heterocycles. The van der Waals surface area contributed by atoms with Gasteiger partial charge in [0.25, 0.3) is 8.48 Å². The fourth-order valence-electron chi connectivity index (χ4n) is 2.80. The molecule has 0 aromatic carbocycles. The number of hydrogen-bond acceptors (Lipinski definition) is 3. The maximum atomic E-state index is 5.81. The van der Waals surface area contributed by atoms with Gasteiger partial charge in [0.15, 0.2) is 0 Å². The Morgan fingerprint density at radius 3 is 2.35 bits per heavy atom. The molecule has 0 aliphatic carbocycles. The van der Waals surface area contributed by atoms with Crippen LogP contribution in [0.3, 0.4) is 0 Å². The Morgan fingerprint density at radius 1 is 1.18 bits per heavy atom. The lowest BCUT2D eigenvalue weighted by atomic mass is 10.3. The predicted molar refractivity (Wildman–Crippen MR) is 76.6 cm³/mol. The first-order valence-electron chi connectivity index (χ1n) is 7.18. The molecule has 0 spiro atoms. The smallest absolute Gasteiger partial charge is 0.267 e. The lowest BCUT2D eigenvalue weighted by molar-refractivity contribution is 0.236. The molecule has 1 fully saturated rings. The molecule has 17 heavy (non-hydrogen) atoms. The molecule has 0 saturated carbocycles. The Bertz CT molecular complexity index is 210. The molecule has 102 valence electrons. The normalized spacial score (nSPS) is 25.9. The predicted octanol–water partition coefficient (Wildman–Crippen LogP) is 2.53. The molecule has 0 aromatic rings. The maximum absolute atomic E-state index is 5.81. The van der Waals surface area contributed by atoms with Crippen LogP contribution in [0.15, 0.2) is 0 Å². The van der Waals surface area contributed by atoms with Crippen LogP contribution in [0.2, 0.25) is 12.6 Å². The van der Waals surface area contributed by atoms with Gasteiger partial charge in [-0.15, -0.1) is 0 Å². The molecule has 0 amide bonds. The van der Waals surface area contributed by atoms with Crippen molar-refractivity contribution in [1.29, 1.82) is 0 Å². The van der Waals surface area contributed by atoms with Crippen LogP contribution in [0.5, 0.6) is 0 Å². The molecule has 1 unspecified atom stereocenters. The van der Waals surface area contributed by atoms with E-state index in [2.05, 4.69) is 29.9 Å². The van der Waals surface area contributed by atoms with Crippen molar-refractivity contribution < 1.29 is 4.43 Å². The van der Waals surface area contributed by atoms with Crippen molar-refractivity contribution in [3.63, 3.8) is 0 Å². The Morgan fingerprint density at radius 2 is 1.82 bits per heavy atom. The van der Waals surface area contributed by atoms with Crippen molar-refractivity contribution in [2.45, 2.75) is 45.7 Å². The van der Waals surface area contributed by atoms with E-state index in [0.29, 0.717) is 0 Å². The van der Waals surface area contributed by atoms with E-state index in [1.165, 1.54) is 58.0 Å². The van der Waals surface area contributed by atoms with Crippen LogP contribution in [-0.4, -0.2) is 57.8 Å². The van der Waals surface area contributed by atoms with E-state index >= 15 is 0 Å². The van der Waals surface area contributed by atoms with Crippen LogP contribution >= 0.6 is 0 Å². The zero-order valence-corrected chi connectivity index (χ0v) is 13.2. The van der Waals surface area contributed by atoms with Gasteiger partial charge in [0.2, 0.25) is 0 Å². The lowest BCUT2D eigenvalue weighted by Gasteiger charge is -2.33. The molecule has 4 heteroatoms. The third kappa shape index (κ3) is 4.36. The average molecular weight is 258 g/mol. The summed E-state index contributed by atoms with van der Waals surface area (Å²) >= 11 is 0. The number of rotatable bonds is 8. The van der Waals surface area contributed by atoms with Crippen LogP contribution in [0, 0.1) is 0 Å². The van der Waals surface area contributed by atoms with Crippen molar-refractivity contribution in [3.8, 4) is 0 Å². The monoisotopic (exact) mass is 258 g/mol. The van der Waals surface area contributed by atoms with E-state index < -0.39 is 8.48 Å². The van der Waals surface area contributed by atoms with Crippen LogP contribution in [-0.2, 0) is 4.43 Å². The molecule has 0 N–H and O–H groups in total. The van der Waals surface area contributed by atoms with Gasteiger partial charge in [-0.2, -0.15) is 0 Å². The highest BCUT2D eigenvalue weighted by Crippen LogP contribution is 2.25. The minimum Gasteiger partial charge on any atom is -0.406 e. The molecule has 0 aromatic heterocycles. The van der Waals surface area contributed by atoms with Crippen molar-refractivity contribution >= 4 is 8.48 Å². The van der Waals surface area contributed by atoms with Crippen molar-refractivity contribution in [2.24, 2.45) is 0 Å². The molecule has 3 nitrogen and oxygen atoms in total. The summed E-state index contributed by atoms with van der Waals surface area (Å²) in [5.41, 5.74) is 0. The Balaban J connectivity index is 2.37. The summed E-state index contributed by atoms with van der Waals surface area (Å²) in [7, 11) is 0.407. The second-order valence-corrected chi connectivity index (χ2v) is 9.20. The molecule has 1 atom stereocenters. The van der Waals surface area contributed by atoms with Gasteiger partial charge in [-0.1, -0.05) is 13.8 Å². The highest BCUT2D eigenvalue weighted by atomic mass is 28.4. The van der Waals surface area contributed by atoms with Crippen molar-refractivity contribution in [2.75, 3.05) is 39.8 Å². The van der Waals surface area contributed by atoms with Gasteiger partial charge < -0.3 is 13.9 Å². The second kappa shape index (κ2) is 7.51. The first-order chi connectivity index (χ1) is 8.16. The molecule has 1 aliphatic rings. The Hall–Kier alpha value is 0.0969. The van der Waals surface area contributed by atoms with Crippen molar-refractivity contribution in [1.82, 2.24) is 9.47 Å². The highest BCUT2D eigenvalue weighted by molar-refractivity contribution is 6.70. The maximum Gasteiger partial charge on any atom is 0.267 e. The quantitative estimate of drug-likeness (QED) is 0.622. The summed E-state index contributed by atoms with van der Waals surface area (Å²) in [6.45, 7) is 13.1. The van der Waals surface area contributed by atoms with Crippen molar-refractivity contribution in [3.05, 3.63) is 0 Å². The van der Waals surface area contributed by atoms with Gasteiger partial charge in [-0.05, 0) is 51.5 Å². The van der Waals surface area contributed by atoms with Crippen LogP contribution in [0.25, 0.3) is 0 Å². The van der Waals surface area contributed by atoms with Gasteiger partial charge in [0.1, 0.15) is 0 Å². The first kappa shape index (κ1) is 15.2. The zero-order chi connectivity index (χ0) is 12.7. The lowest BCUT2D eigenvalue weighted by Crippen LogP contribution is -2.50. The van der Waals surface area contributed by atoms with Gasteiger partial charge in [-0.3, -0.25) is 0 Å². The SMILES string of the molecule is CCCN(CCC)CCN1CCC[Si]1(C)OC. The number of hydrogen-bond donors (Lipinski definition) is 0. The number of nitrogens with zero attached hydrogens (tertiary/aromatic N) is 2. The van der Waals surface area contributed by atoms with Crippen LogP contribution < -0.4 is 0 Å². The summed E-state index contributed by atoms with van der Waals surface area (Å²) < 4.78 is 8.45. The van der Waals surface area contributed by atoms with E-state index in [4.69, 9.17) is 4.43 Å². The Kier molecular flexibility index (Phi) is 6.70. The molecule has 1 heterocycles. The van der Waals surface area contributed by atoms with Gasteiger partial charge >= 0.3 is 0 Å². The molecular formula is C13H30N2OSi. The molecule has 0 radical (unpaired) electrons. The summed E-state index contributed by atoms with van der Waals surface area (Å²) in [5.74, 6) is 0. The minimum atomic E-state index is -1.50. The fourth-order valence-corrected chi connectivity index (χ4v) is 5.60. The summed E-state index contributed by atoms with van der Waals surface area (Å²) in [6.07, 6.45) is 3.86. The van der Waals surface area contributed by atoms with E-state index in [1.54, 1.807) is 0 Å². The third-order valence-electron chi connectivity index (χ3n) is 3.94. The highest BCUT2D eigenvalue weighted by Gasteiger charge is 2.39. The van der Waals surface area contributed by atoms with Crippen LogP contribution in [0.4, 0.5) is 0 Å². The molecule has 1 rings (SSSR count). The largest absolute Gasteiger partial charge is 0.406 e. The molecular weight excluding hydrogens is 228 g/mol. The summed E-state index contributed by atoms with van der Waals surface area (Å²) in [4.78, 5) is 2.60. The summed E-state index contributed by atoms with van der Waals surface area (Å²) in [5, 5.41) is 0. The summed E-state index contributed by atoms with van der Waals surface area (Å²) in [6, 6.07) is 1.31. The topological polar surface area (TPSA) is 15.7 Å². The molecule has 1 saturated heterocycles. The minimum absolute atomic E-state index is 1.20. The van der Waals surface area contributed by atoms with E-state index in [9.17, 15) is 0 Å².